The van der Waals surface area contributed by atoms with Gasteiger partial charge in [-0.15, -0.1) is 0 Å². The molecule has 1 amide bonds. The van der Waals surface area contributed by atoms with Gasteiger partial charge in [-0.05, 0) is 71.5 Å². The minimum atomic E-state index is -3.35. The first-order valence-electron chi connectivity index (χ1n) is 14.1. The lowest BCUT2D eigenvalue weighted by atomic mass is 9.82. The second-order valence-electron chi connectivity index (χ2n) is 11.1. The summed E-state index contributed by atoms with van der Waals surface area (Å²) in [5.41, 5.74) is 3.91. The topological polar surface area (TPSA) is 85.8 Å². The maximum absolute atomic E-state index is 13.9. The van der Waals surface area contributed by atoms with Crippen LogP contribution in [0.4, 0.5) is 13.6 Å². The van der Waals surface area contributed by atoms with Crippen LogP contribution in [-0.2, 0) is 27.8 Å². The van der Waals surface area contributed by atoms with E-state index in [1.807, 2.05) is 36.4 Å². The second kappa shape index (κ2) is 11.8. The number of pyridine rings is 1. The number of aromatic nitrogens is 1. The van der Waals surface area contributed by atoms with Gasteiger partial charge in [-0.25, -0.2) is 22.0 Å². The number of nitrogens with zero attached hydrogens (tertiary/aromatic N) is 2. The number of benzene rings is 3. The van der Waals surface area contributed by atoms with Gasteiger partial charge in [0.15, 0.2) is 21.5 Å². The average molecular weight is 605 g/mol. The number of sulfone groups is 1. The van der Waals surface area contributed by atoms with Crippen molar-refractivity contribution in [3.05, 3.63) is 114 Å². The fraction of sp³-hybridized carbons (Fsp3) is 0.273. The number of aryl methyl sites for hydroxylation is 1. The van der Waals surface area contributed by atoms with Gasteiger partial charge in [0.25, 0.3) is 0 Å². The molecule has 10 heteroatoms. The van der Waals surface area contributed by atoms with Crippen LogP contribution in [0, 0.1) is 11.6 Å². The van der Waals surface area contributed by atoms with Crippen molar-refractivity contribution in [2.24, 2.45) is 0 Å². The zero-order valence-corrected chi connectivity index (χ0v) is 24.2. The number of rotatable bonds is 6. The van der Waals surface area contributed by atoms with Crippen LogP contribution in [0.2, 0.25) is 0 Å². The maximum Gasteiger partial charge on any atom is 0.415 e. The smallest absolute Gasteiger partial charge is 0.415 e. The molecule has 0 aliphatic carbocycles. The van der Waals surface area contributed by atoms with E-state index in [2.05, 4.69) is 11.1 Å². The standard InChI is InChI=1S/C33H30F2N2O5S/c34-28-5-3-6-29(35)31(28)41-32(38)37-18-15-33(16-19-37)14-13-26-20-25(11-12-30(26)42-33)24-9-7-23(8-10-24)21-43(39,40)22-27-4-1-2-17-36-27/h1-12,17,20H,13-16,18-19,21-22H2. The van der Waals surface area contributed by atoms with Crippen LogP contribution in [0.3, 0.4) is 0 Å². The molecule has 3 heterocycles. The van der Waals surface area contributed by atoms with E-state index in [1.165, 1.54) is 11.0 Å². The number of piperidine rings is 1. The maximum atomic E-state index is 13.9. The van der Waals surface area contributed by atoms with Crippen LogP contribution in [0.15, 0.2) is 85.1 Å². The predicted molar refractivity (Wildman–Crippen MR) is 157 cm³/mol. The van der Waals surface area contributed by atoms with Crippen LogP contribution in [0.25, 0.3) is 11.1 Å². The molecule has 0 radical (unpaired) electrons. The van der Waals surface area contributed by atoms with Crippen molar-refractivity contribution in [1.82, 2.24) is 9.88 Å². The van der Waals surface area contributed by atoms with Crippen LogP contribution < -0.4 is 9.47 Å². The summed E-state index contributed by atoms with van der Waals surface area (Å²) in [5, 5.41) is 0. The van der Waals surface area contributed by atoms with Crippen LogP contribution in [0.1, 0.15) is 36.1 Å². The molecule has 222 valence electrons. The van der Waals surface area contributed by atoms with Gasteiger partial charge in [-0.1, -0.05) is 42.5 Å². The molecular formula is C33H30F2N2O5S. The van der Waals surface area contributed by atoms with Gasteiger partial charge < -0.3 is 14.4 Å². The molecule has 1 fully saturated rings. The van der Waals surface area contributed by atoms with Gasteiger partial charge in [0.2, 0.25) is 5.75 Å². The quantitative estimate of drug-likeness (QED) is 0.250. The number of carbonyl (C=O) groups excluding carboxylic acids is 1. The first-order valence-corrected chi connectivity index (χ1v) is 15.9. The van der Waals surface area contributed by atoms with Gasteiger partial charge >= 0.3 is 6.09 Å². The number of likely N-dealkylation sites (tertiary alicyclic amines) is 1. The largest absolute Gasteiger partial charge is 0.487 e. The Bertz CT molecular complexity index is 1720. The summed E-state index contributed by atoms with van der Waals surface area (Å²) < 4.78 is 64.6. The normalized spacial score (nSPS) is 15.9. The third-order valence-corrected chi connectivity index (χ3v) is 9.55. The molecule has 0 unspecified atom stereocenters. The van der Waals surface area contributed by atoms with Crippen molar-refractivity contribution in [2.75, 3.05) is 13.1 Å². The summed E-state index contributed by atoms with van der Waals surface area (Å²) in [6.07, 6.45) is 3.54. The third kappa shape index (κ3) is 6.54. The highest BCUT2D eigenvalue weighted by Gasteiger charge is 2.41. The number of para-hydroxylation sites is 1. The summed E-state index contributed by atoms with van der Waals surface area (Å²) in [7, 11) is -3.35. The SMILES string of the molecule is O=C(Oc1c(F)cccc1F)N1CCC2(CCc3cc(-c4ccc(CS(=O)(=O)Cc5ccccn5)cc4)ccc3O2)CC1. The summed E-state index contributed by atoms with van der Waals surface area (Å²) in [6, 6.07) is 22.1. The van der Waals surface area contributed by atoms with Gasteiger partial charge in [0.1, 0.15) is 11.4 Å². The van der Waals surface area contributed by atoms with E-state index in [4.69, 9.17) is 9.47 Å². The summed E-state index contributed by atoms with van der Waals surface area (Å²) in [6.45, 7) is 0.707. The summed E-state index contributed by atoms with van der Waals surface area (Å²) in [5.74, 6) is -1.89. The Morgan fingerprint density at radius 2 is 1.60 bits per heavy atom. The fourth-order valence-corrected chi connectivity index (χ4v) is 7.11. The molecule has 1 saturated heterocycles. The van der Waals surface area contributed by atoms with E-state index in [0.717, 1.165) is 53.0 Å². The molecule has 0 N–H and O–H groups in total. The van der Waals surface area contributed by atoms with Crippen molar-refractivity contribution < 1.29 is 31.5 Å². The lowest BCUT2D eigenvalue weighted by Gasteiger charge is -2.44. The number of hydrogen-bond donors (Lipinski definition) is 0. The highest BCUT2D eigenvalue weighted by molar-refractivity contribution is 7.89. The number of carbonyl (C=O) groups is 1. The summed E-state index contributed by atoms with van der Waals surface area (Å²) in [4.78, 5) is 18.1. The predicted octanol–water partition coefficient (Wildman–Crippen LogP) is 6.50. The van der Waals surface area contributed by atoms with Crippen LogP contribution in [-0.4, -0.2) is 43.1 Å². The molecule has 3 aromatic carbocycles. The van der Waals surface area contributed by atoms with Crippen molar-refractivity contribution in [1.29, 1.82) is 0 Å². The van der Waals surface area contributed by atoms with Crippen molar-refractivity contribution in [2.45, 2.75) is 42.8 Å². The molecule has 4 aromatic rings. The number of fused-ring (bicyclic) bond motifs is 1. The van der Waals surface area contributed by atoms with E-state index in [-0.39, 0.29) is 11.5 Å². The highest BCUT2D eigenvalue weighted by atomic mass is 32.2. The minimum Gasteiger partial charge on any atom is -0.487 e. The average Bonchev–Trinajstić information content (AvgIpc) is 2.99. The van der Waals surface area contributed by atoms with Crippen LogP contribution in [0.5, 0.6) is 11.5 Å². The molecule has 1 aromatic heterocycles. The zero-order valence-electron chi connectivity index (χ0n) is 23.3. The number of hydrogen-bond acceptors (Lipinski definition) is 6. The van der Waals surface area contributed by atoms with Crippen LogP contribution >= 0.6 is 0 Å². The highest BCUT2D eigenvalue weighted by Crippen LogP contribution is 2.41. The Labute approximate surface area is 249 Å². The number of halogens is 2. The Morgan fingerprint density at radius 1 is 0.884 bits per heavy atom. The van der Waals surface area contributed by atoms with E-state index < -0.39 is 38.9 Å². The Hall–Kier alpha value is -4.31. The third-order valence-electron chi connectivity index (χ3n) is 8.05. The van der Waals surface area contributed by atoms with Gasteiger partial charge in [-0.2, -0.15) is 0 Å². The Morgan fingerprint density at radius 3 is 2.30 bits per heavy atom. The molecule has 43 heavy (non-hydrogen) atoms. The fourth-order valence-electron chi connectivity index (χ4n) is 5.69. The lowest BCUT2D eigenvalue weighted by molar-refractivity contribution is -0.00971. The van der Waals surface area contributed by atoms with Crippen molar-refractivity contribution in [3.8, 4) is 22.6 Å². The van der Waals surface area contributed by atoms with Crippen molar-refractivity contribution >= 4 is 15.9 Å². The van der Waals surface area contributed by atoms with Gasteiger partial charge in [-0.3, -0.25) is 4.98 Å². The first-order chi connectivity index (χ1) is 20.7. The Kier molecular flexibility index (Phi) is 7.87. The first kappa shape index (κ1) is 28.8. The molecule has 6 rings (SSSR count). The van der Waals surface area contributed by atoms with Gasteiger partial charge in [0.05, 0.1) is 17.2 Å². The minimum absolute atomic E-state index is 0.0564. The molecule has 0 saturated carbocycles. The monoisotopic (exact) mass is 604 g/mol. The molecule has 7 nitrogen and oxygen atoms in total. The van der Waals surface area contributed by atoms with E-state index in [0.29, 0.717) is 31.6 Å². The molecule has 2 aliphatic rings. The molecule has 0 bridgehead atoms. The van der Waals surface area contributed by atoms with Crippen molar-refractivity contribution in [3.63, 3.8) is 0 Å². The zero-order chi connectivity index (χ0) is 30.0. The summed E-state index contributed by atoms with van der Waals surface area (Å²) >= 11 is 0. The number of ether oxygens (including phenoxy) is 2. The second-order valence-corrected chi connectivity index (χ2v) is 13.1. The molecular weight excluding hydrogens is 574 g/mol. The molecule has 0 atom stereocenters. The Balaban J connectivity index is 1.06. The molecule has 2 aliphatic heterocycles. The van der Waals surface area contributed by atoms with E-state index in [9.17, 15) is 22.0 Å². The van der Waals surface area contributed by atoms with Gasteiger partial charge in [0, 0.05) is 32.1 Å². The molecule has 1 spiro atoms. The van der Waals surface area contributed by atoms with E-state index in [1.54, 1.807) is 24.4 Å². The number of amides is 1. The lowest BCUT2D eigenvalue weighted by Crippen LogP contribution is -2.51. The van der Waals surface area contributed by atoms with E-state index >= 15 is 0 Å².